The minimum absolute atomic E-state index is 0.0765. The molecule has 7 nitrogen and oxygen atoms in total. The smallest absolute Gasteiger partial charge is 0.233 e. The van der Waals surface area contributed by atoms with Gasteiger partial charge in [-0.25, -0.2) is 0 Å². The summed E-state index contributed by atoms with van der Waals surface area (Å²) in [4.78, 5) is 14.4. The van der Waals surface area contributed by atoms with Crippen molar-refractivity contribution in [2.75, 3.05) is 37.4 Å². The van der Waals surface area contributed by atoms with Crippen LogP contribution in [0.15, 0.2) is 22.5 Å². The van der Waals surface area contributed by atoms with E-state index in [1.807, 2.05) is 36.9 Å². The Morgan fingerprint density at radius 3 is 2.85 bits per heavy atom. The maximum atomic E-state index is 12.6. The highest BCUT2D eigenvalue weighted by Gasteiger charge is 2.17. The lowest BCUT2D eigenvalue weighted by Crippen LogP contribution is -2.31. The molecule has 1 amide bonds. The molecule has 26 heavy (non-hydrogen) atoms. The molecule has 0 unspecified atom stereocenters. The fourth-order valence-electron chi connectivity index (χ4n) is 2.49. The number of carbonyl (C=O) groups is 1. The number of aromatic nitrogens is 2. The van der Waals surface area contributed by atoms with Gasteiger partial charge in [0, 0.05) is 19.6 Å². The number of ether oxygens (including phenoxy) is 2. The van der Waals surface area contributed by atoms with Crippen LogP contribution in [0.1, 0.15) is 19.4 Å². The van der Waals surface area contributed by atoms with Gasteiger partial charge in [0.1, 0.15) is 13.2 Å². The molecule has 0 radical (unpaired) electrons. The third-order valence-electron chi connectivity index (χ3n) is 3.77. The van der Waals surface area contributed by atoms with Crippen LogP contribution in [0.2, 0.25) is 0 Å². The molecule has 9 heteroatoms. The predicted molar refractivity (Wildman–Crippen MR) is 103 cm³/mol. The number of hydrogen-bond donors (Lipinski definition) is 1. The normalized spacial score (nSPS) is 12.7. The van der Waals surface area contributed by atoms with Crippen molar-refractivity contribution in [3.05, 3.63) is 23.8 Å². The van der Waals surface area contributed by atoms with Crippen LogP contribution >= 0.6 is 23.1 Å². The van der Waals surface area contributed by atoms with Crippen molar-refractivity contribution in [2.24, 2.45) is 0 Å². The summed E-state index contributed by atoms with van der Waals surface area (Å²) < 4.78 is 11.9. The highest BCUT2D eigenvalue weighted by molar-refractivity contribution is 8.01. The van der Waals surface area contributed by atoms with Gasteiger partial charge in [-0.3, -0.25) is 4.79 Å². The molecule has 0 spiro atoms. The zero-order valence-electron chi connectivity index (χ0n) is 14.9. The summed E-state index contributed by atoms with van der Waals surface area (Å²) in [5.74, 6) is 1.93. The molecule has 1 aromatic carbocycles. The monoisotopic (exact) mass is 394 g/mol. The second-order valence-electron chi connectivity index (χ2n) is 5.58. The summed E-state index contributed by atoms with van der Waals surface area (Å²) in [6.07, 6.45) is 0. The van der Waals surface area contributed by atoms with Crippen molar-refractivity contribution in [2.45, 2.75) is 24.7 Å². The first-order valence-corrected chi connectivity index (χ1v) is 10.4. The van der Waals surface area contributed by atoms with Crippen LogP contribution in [0.25, 0.3) is 0 Å². The third-order valence-corrected chi connectivity index (χ3v) is 5.77. The first kappa shape index (κ1) is 18.8. The lowest BCUT2D eigenvalue weighted by molar-refractivity contribution is -0.128. The van der Waals surface area contributed by atoms with E-state index in [0.717, 1.165) is 33.1 Å². The molecule has 0 saturated carbocycles. The van der Waals surface area contributed by atoms with Gasteiger partial charge in [-0.15, -0.1) is 10.2 Å². The van der Waals surface area contributed by atoms with E-state index < -0.39 is 0 Å². The van der Waals surface area contributed by atoms with Gasteiger partial charge in [0.25, 0.3) is 0 Å². The summed E-state index contributed by atoms with van der Waals surface area (Å²) in [5.41, 5.74) is 1.03. The summed E-state index contributed by atoms with van der Waals surface area (Å²) in [5, 5.41) is 12.0. The zero-order chi connectivity index (χ0) is 18.4. The van der Waals surface area contributed by atoms with Crippen LogP contribution in [-0.4, -0.2) is 53.1 Å². The van der Waals surface area contributed by atoms with Crippen molar-refractivity contribution in [1.29, 1.82) is 0 Å². The molecule has 2 aromatic rings. The van der Waals surface area contributed by atoms with Gasteiger partial charge in [-0.05, 0) is 31.5 Å². The zero-order valence-corrected chi connectivity index (χ0v) is 16.5. The Bertz CT molecular complexity index is 753. The highest BCUT2D eigenvalue weighted by Crippen LogP contribution is 2.31. The average Bonchev–Trinajstić information content (AvgIpc) is 3.12. The van der Waals surface area contributed by atoms with Gasteiger partial charge in [-0.1, -0.05) is 29.2 Å². The van der Waals surface area contributed by atoms with Gasteiger partial charge in [0.05, 0.1) is 5.75 Å². The molecule has 0 aliphatic carbocycles. The van der Waals surface area contributed by atoms with E-state index in [-0.39, 0.29) is 5.91 Å². The Kier molecular flexibility index (Phi) is 6.56. The molecular weight excluding hydrogens is 372 g/mol. The second kappa shape index (κ2) is 9.09. The van der Waals surface area contributed by atoms with Crippen LogP contribution in [0, 0.1) is 0 Å². The molecule has 1 aliphatic rings. The van der Waals surface area contributed by atoms with E-state index in [9.17, 15) is 4.79 Å². The van der Waals surface area contributed by atoms with Crippen LogP contribution in [0.5, 0.6) is 11.5 Å². The Morgan fingerprint density at radius 2 is 2.08 bits per heavy atom. The van der Waals surface area contributed by atoms with Crippen molar-refractivity contribution in [1.82, 2.24) is 15.1 Å². The van der Waals surface area contributed by atoms with Crippen molar-refractivity contribution in [3.63, 3.8) is 0 Å². The number of fused-ring (bicyclic) bond motifs is 1. The molecule has 140 valence electrons. The minimum atomic E-state index is 0.0765. The van der Waals surface area contributed by atoms with Gasteiger partial charge >= 0.3 is 0 Å². The number of carbonyl (C=O) groups excluding carboxylic acids is 1. The predicted octanol–water partition coefficient (Wildman–Crippen LogP) is 2.88. The Labute approximate surface area is 161 Å². The summed E-state index contributed by atoms with van der Waals surface area (Å²) in [6.45, 7) is 7.11. The molecular formula is C17H22N4O3S2. The Hall–Kier alpha value is -2.00. The van der Waals surface area contributed by atoms with Crippen molar-refractivity contribution < 1.29 is 14.3 Å². The number of nitrogens with zero attached hydrogens (tertiary/aromatic N) is 3. The quantitative estimate of drug-likeness (QED) is 0.690. The maximum absolute atomic E-state index is 12.6. The number of anilines is 1. The summed E-state index contributed by atoms with van der Waals surface area (Å²) >= 11 is 2.89. The fraction of sp³-hybridized carbons (Fsp3) is 0.471. The Morgan fingerprint density at radius 1 is 1.27 bits per heavy atom. The molecule has 1 aliphatic heterocycles. The molecule has 0 saturated heterocycles. The standard InChI is InChI=1S/C17H22N4O3S2/c1-3-18-16-19-20-17(26-16)25-11-15(22)21(4-2)10-12-5-6-13-14(9-12)24-8-7-23-13/h5-6,9H,3-4,7-8,10-11H2,1-2H3,(H,18,19). The maximum Gasteiger partial charge on any atom is 0.233 e. The van der Waals surface area contributed by atoms with E-state index in [2.05, 4.69) is 15.5 Å². The van der Waals surface area contributed by atoms with Crippen molar-refractivity contribution >= 4 is 34.1 Å². The average molecular weight is 395 g/mol. The van der Waals surface area contributed by atoms with E-state index in [1.165, 1.54) is 23.1 Å². The highest BCUT2D eigenvalue weighted by atomic mass is 32.2. The lowest BCUT2D eigenvalue weighted by atomic mass is 10.2. The number of hydrogen-bond acceptors (Lipinski definition) is 8. The summed E-state index contributed by atoms with van der Waals surface area (Å²) in [7, 11) is 0. The van der Waals surface area contributed by atoms with Gasteiger partial charge < -0.3 is 19.7 Å². The molecule has 2 heterocycles. The molecule has 3 rings (SSSR count). The third kappa shape index (κ3) is 4.79. The molecule has 1 aromatic heterocycles. The van der Waals surface area contributed by atoms with Gasteiger partial charge in [-0.2, -0.15) is 0 Å². The van der Waals surface area contributed by atoms with Crippen LogP contribution in [0.4, 0.5) is 5.13 Å². The minimum Gasteiger partial charge on any atom is -0.486 e. The topological polar surface area (TPSA) is 76.6 Å². The first-order valence-electron chi connectivity index (χ1n) is 8.56. The number of rotatable bonds is 8. The van der Waals surface area contributed by atoms with Gasteiger partial charge in [0.15, 0.2) is 15.8 Å². The second-order valence-corrected chi connectivity index (χ2v) is 7.78. The molecule has 0 atom stereocenters. The number of thioether (sulfide) groups is 1. The van der Waals surface area contributed by atoms with E-state index in [4.69, 9.17) is 9.47 Å². The molecule has 0 fully saturated rings. The van der Waals surface area contributed by atoms with E-state index in [0.29, 0.717) is 32.1 Å². The largest absolute Gasteiger partial charge is 0.486 e. The fourth-order valence-corrected chi connectivity index (χ4v) is 4.21. The first-order chi connectivity index (χ1) is 12.7. The number of benzene rings is 1. The van der Waals surface area contributed by atoms with E-state index >= 15 is 0 Å². The van der Waals surface area contributed by atoms with Gasteiger partial charge in [0.2, 0.25) is 11.0 Å². The SMILES string of the molecule is CCNc1nnc(SCC(=O)N(CC)Cc2ccc3c(c2)OCCO3)s1. The number of amides is 1. The summed E-state index contributed by atoms with van der Waals surface area (Å²) in [6, 6.07) is 5.83. The number of nitrogens with one attached hydrogen (secondary N) is 1. The Balaban J connectivity index is 1.56. The van der Waals surface area contributed by atoms with Crippen LogP contribution < -0.4 is 14.8 Å². The van der Waals surface area contributed by atoms with Crippen molar-refractivity contribution in [3.8, 4) is 11.5 Å². The van der Waals surface area contributed by atoms with E-state index in [1.54, 1.807) is 0 Å². The molecule has 0 bridgehead atoms. The molecule has 1 N–H and O–H groups in total. The van der Waals surface area contributed by atoms with Crippen LogP contribution in [0.3, 0.4) is 0 Å². The van der Waals surface area contributed by atoms with Crippen LogP contribution in [-0.2, 0) is 11.3 Å². The lowest BCUT2D eigenvalue weighted by Gasteiger charge is -2.23.